The molecule has 0 aromatic heterocycles. The van der Waals surface area contributed by atoms with Gasteiger partial charge in [0.05, 0.1) is 0 Å². The van der Waals surface area contributed by atoms with E-state index in [0.29, 0.717) is 6.42 Å². The number of rotatable bonds is 6. The third-order valence-electron chi connectivity index (χ3n) is 2.30. The van der Waals surface area contributed by atoms with Crippen LogP contribution in [0.5, 0.6) is 0 Å². The molecule has 0 aliphatic carbocycles. The van der Waals surface area contributed by atoms with Crippen molar-refractivity contribution in [3.63, 3.8) is 0 Å². The van der Waals surface area contributed by atoms with Gasteiger partial charge in [-0.2, -0.15) is 0 Å². The first kappa shape index (κ1) is 17.3. The van der Waals surface area contributed by atoms with Crippen LogP contribution in [0.4, 0.5) is 0 Å². The second-order valence-electron chi connectivity index (χ2n) is 4.62. The third-order valence-corrected chi connectivity index (χ3v) is 2.30. The SMILES string of the molecule is CC(C)C=O.CNCc1ccc(CCC(=O)O)cc1. The quantitative estimate of drug-likeness (QED) is 0.774. The number of carbonyl (C=O) groups excluding carboxylic acids is 1. The highest BCUT2D eigenvalue weighted by atomic mass is 16.4. The largest absolute Gasteiger partial charge is 0.481 e. The molecule has 0 radical (unpaired) electrons. The second-order valence-corrected chi connectivity index (χ2v) is 4.62. The van der Waals surface area contributed by atoms with Crippen LogP contribution < -0.4 is 5.32 Å². The van der Waals surface area contributed by atoms with Gasteiger partial charge >= 0.3 is 5.97 Å². The highest BCUT2D eigenvalue weighted by molar-refractivity contribution is 5.67. The summed E-state index contributed by atoms with van der Waals surface area (Å²) >= 11 is 0. The van der Waals surface area contributed by atoms with Crippen LogP contribution in [0.2, 0.25) is 0 Å². The number of aldehydes is 1. The van der Waals surface area contributed by atoms with Gasteiger partial charge in [0.15, 0.2) is 0 Å². The topological polar surface area (TPSA) is 66.4 Å². The Morgan fingerprint density at radius 3 is 2.11 bits per heavy atom. The maximum atomic E-state index is 10.3. The van der Waals surface area contributed by atoms with Crippen molar-refractivity contribution < 1.29 is 14.7 Å². The Morgan fingerprint density at radius 1 is 1.26 bits per heavy atom. The number of nitrogens with one attached hydrogen (secondary N) is 1. The van der Waals surface area contributed by atoms with Gasteiger partial charge in [0.2, 0.25) is 0 Å². The van der Waals surface area contributed by atoms with E-state index < -0.39 is 5.97 Å². The van der Waals surface area contributed by atoms with Gasteiger partial charge < -0.3 is 15.2 Å². The van der Waals surface area contributed by atoms with Gasteiger partial charge in [-0.25, -0.2) is 0 Å². The van der Waals surface area contributed by atoms with Crippen molar-refractivity contribution in [1.29, 1.82) is 0 Å². The molecular weight excluding hydrogens is 242 g/mol. The Kier molecular flexibility index (Phi) is 9.35. The maximum absolute atomic E-state index is 10.3. The van der Waals surface area contributed by atoms with E-state index in [1.54, 1.807) is 0 Å². The molecule has 0 atom stereocenters. The molecule has 2 N–H and O–H groups in total. The van der Waals surface area contributed by atoms with Gasteiger partial charge in [-0.1, -0.05) is 38.1 Å². The Hall–Kier alpha value is -1.68. The fourth-order valence-corrected chi connectivity index (χ4v) is 1.28. The summed E-state index contributed by atoms with van der Waals surface area (Å²) in [4.78, 5) is 19.8. The van der Waals surface area contributed by atoms with E-state index in [-0.39, 0.29) is 12.3 Å². The van der Waals surface area contributed by atoms with Crippen molar-refractivity contribution in [3.8, 4) is 0 Å². The molecule has 0 bridgehead atoms. The number of hydrogen-bond acceptors (Lipinski definition) is 3. The number of aliphatic carboxylic acids is 1. The predicted molar refractivity (Wildman–Crippen MR) is 76.1 cm³/mol. The summed E-state index contributed by atoms with van der Waals surface area (Å²) in [6.07, 6.45) is 1.72. The Bertz CT molecular complexity index is 371. The molecular formula is C15H23NO3. The lowest BCUT2D eigenvalue weighted by Crippen LogP contribution is -2.04. The third kappa shape index (κ3) is 9.97. The molecule has 0 amide bonds. The van der Waals surface area contributed by atoms with Crippen LogP contribution in [0.15, 0.2) is 24.3 Å². The minimum Gasteiger partial charge on any atom is -0.481 e. The van der Waals surface area contributed by atoms with Crippen molar-refractivity contribution in [2.24, 2.45) is 5.92 Å². The molecule has 106 valence electrons. The van der Waals surface area contributed by atoms with Gasteiger partial charge in [-0.3, -0.25) is 4.79 Å². The molecule has 0 spiro atoms. The van der Waals surface area contributed by atoms with E-state index in [1.165, 1.54) is 5.56 Å². The van der Waals surface area contributed by atoms with Gasteiger partial charge in [0.25, 0.3) is 0 Å². The number of benzene rings is 1. The highest BCUT2D eigenvalue weighted by Gasteiger charge is 1.98. The Labute approximate surface area is 114 Å². The molecule has 0 unspecified atom stereocenters. The average molecular weight is 265 g/mol. The van der Waals surface area contributed by atoms with Gasteiger partial charge in [0, 0.05) is 18.9 Å². The van der Waals surface area contributed by atoms with E-state index >= 15 is 0 Å². The number of carboxylic acids is 1. The normalized spacial score (nSPS) is 9.68. The van der Waals surface area contributed by atoms with E-state index in [0.717, 1.165) is 18.4 Å². The van der Waals surface area contributed by atoms with E-state index in [4.69, 9.17) is 5.11 Å². The van der Waals surface area contributed by atoms with Crippen molar-refractivity contribution in [1.82, 2.24) is 5.32 Å². The predicted octanol–water partition coefficient (Wildman–Crippen LogP) is 2.26. The Morgan fingerprint density at radius 2 is 1.74 bits per heavy atom. The molecule has 1 rings (SSSR count). The molecule has 1 aromatic rings. The summed E-state index contributed by atoms with van der Waals surface area (Å²) in [6, 6.07) is 8.01. The minimum absolute atomic E-state index is 0.200. The minimum atomic E-state index is -0.746. The van der Waals surface area contributed by atoms with E-state index in [1.807, 2.05) is 45.2 Å². The molecule has 0 aliphatic rings. The maximum Gasteiger partial charge on any atom is 0.303 e. The fourth-order valence-electron chi connectivity index (χ4n) is 1.28. The summed E-state index contributed by atoms with van der Waals surface area (Å²) < 4.78 is 0. The summed E-state index contributed by atoms with van der Waals surface area (Å²) in [5, 5.41) is 11.6. The fraction of sp³-hybridized carbons (Fsp3) is 0.467. The van der Waals surface area contributed by atoms with Gasteiger partial charge in [-0.15, -0.1) is 0 Å². The summed E-state index contributed by atoms with van der Waals surface area (Å²) in [6.45, 7) is 4.55. The van der Waals surface area contributed by atoms with Crippen LogP contribution in [0.3, 0.4) is 0 Å². The lowest BCUT2D eigenvalue weighted by Gasteiger charge is -2.02. The summed E-state index contributed by atoms with van der Waals surface area (Å²) in [5.74, 6) is -0.542. The van der Waals surface area contributed by atoms with Crippen molar-refractivity contribution in [2.75, 3.05) is 7.05 Å². The van der Waals surface area contributed by atoms with Crippen LogP contribution in [0, 0.1) is 5.92 Å². The van der Waals surface area contributed by atoms with Crippen molar-refractivity contribution >= 4 is 12.3 Å². The zero-order valence-corrected chi connectivity index (χ0v) is 11.8. The monoisotopic (exact) mass is 265 g/mol. The summed E-state index contributed by atoms with van der Waals surface area (Å²) in [5.41, 5.74) is 2.29. The van der Waals surface area contributed by atoms with Crippen LogP contribution in [-0.2, 0) is 22.6 Å². The molecule has 19 heavy (non-hydrogen) atoms. The number of aryl methyl sites for hydroxylation is 1. The van der Waals surface area contributed by atoms with Crippen molar-refractivity contribution in [2.45, 2.75) is 33.2 Å². The number of hydrogen-bond donors (Lipinski definition) is 2. The van der Waals surface area contributed by atoms with Crippen molar-refractivity contribution in [3.05, 3.63) is 35.4 Å². The smallest absolute Gasteiger partial charge is 0.303 e. The number of carbonyl (C=O) groups is 2. The zero-order chi connectivity index (χ0) is 14.7. The highest BCUT2D eigenvalue weighted by Crippen LogP contribution is 2.06. The molecule has 0 saturated heterocycles. The van der Waals surface area contributed by atoms with Gasteiger partial charge in [-0.05, 0) is 24.6 Å². The Balaban J connectivity index is 0.000000555. The summed E-state index contributed by atoms with van der Waals surface area (Å²) in [7, 11) is 1.90. The lowest BCUT2D eigenvalue weighted by atomic mass is 10.1. The van der Waals surface area contributed by atoms with Crippen LogP contribution in [0.1, 0.15) is 31.4 Å². The van der Waals surface area contributed by atoms with Crippen LogP contribution >= 0.6 is 0 Å². The first-order valence-corrected chi connectivity index (χ1v) is 6.39. The van der Waals surface area contributed by atoms with Gasteiger partial charge in [0.1, 0.15) is 6.29 Å². The molecule has 4 nitrogen and oxygen atoms in total. The molecule has 1 aromatic carbocycles. The first-order chi connectivity index (χ1) is 8.99. The lowest BCUT2D eigenvalue weighted by molar-refractivity contribution is -0.136. The molecule has 0 heterocycles. The molecule has 4 heteroatoms. The first-order valence-electron chi connectivity index (χ1n) is 6.39. The zero-order valence-electron chi connectivity index (χ0n) is 11.8. The number of carboxylic acid groups (broad SMARTS) is 1. The molecule has 0 saturated carbocycles. The standard InChI is InChI=1S/C11H15NO2.C4H8O/c1-12-8-10-4-2-9(3-5-10)6-7-11(13)14;1-4(2)3-5/h2-5,12H,6-8H2,1H3,(H,13,14);3-4H,1-2H3. The van der Waals surface area contributed by atoms with E-state index in [2.05, 4.69) is 5.32 Å². The molecule has 0 aliphatic heterocycles. The molecule has 0 fully saturated rings. The average Bonchev–Trinajstić information content (AvgIpc) is 2.39. The van der Waals surface area contributed by atoms with E-state index in [9.17, 15) is 9.59 Å². The van der Waals surface area contributed by atoms with Crippen LogP contribution in [-0.4, -0.2) is 24.4 Å². The van der Waals surface area contributed by atoms with Crippen LogP contribution in [0.25, 0.3) is 0 Å². The second kappa shape index (κ2) is 10.3.